The molecule has 0 bridgehead atoms. The average Bonchev–Trinajstić information content (AvgIpc) is 3.28. The second kappa shape index (κ2) is 7.94. The number of benzene rings is 2. The highest BCUT2D eigenvalue weighted by Crippen LogP contribution is 2.43. The van der Waals surface area contributed by atoms with E-state index in [1.54, 1.807) is 12.1 Å². The zero-order chi connectivity index (χ0) is 19.8. The minimum Gasteiger partial charge on any atom is -0.372 e. The van der Waals surface area contributed by atoms with Crippen LogP contribution < -0.4 is 9.80 Å². The van der Waals surface area contributed by atoms with E-state index in [1.807, 2.05) is 11.0 Å². The third-order valence-electron chi connectivity index (χ3n) is 5.88. The Morgan fingerprint density at radius 3 is 2.39 bits per heavy atom. The zero-order valence-corrected chi connectivity index (χ0v) is 17.7. The smallest absolute Gasteiger partial charge is 0.246 e. The third kappa shape index (κ3) is 3.28. The zero-order valence-electron chi connectivity index (χ0n) is 16.2. The van der Waals surface area contributed by atoms with Crippen molar-refractivity contribution in [1.82, 2.24) is 4.90 Å². The highest BCUT2D eigenvalue weighted by molar-refractivity contribution is 6.42. The lowest BCUT2D eigenvalue weighted by Crippen LogP contribution is -2.32. The lowest BCUT2D eigenvalue weighted by atomic mass is 10.1. The number of carbonyl (C=O) groups is 1. The summed E-state index contributed by atoms with van der Waals surface area (Å²) in [5.74, 6) is 0.147. The molecular formula is C22H25Cl2N3O. The first-order chi connectivity index (χ1) is 13.5. The van der Waals surface area contributed by atoms with Crippen LogP contribution in [0.1, 0.15) is 38.4 Å². The predicted octanol–water partition coefficient (Wildman–Crippen LogP) is 5.35. The maximum absolute atomic E-state index is 13.2. The summed E-state index contributed by atoms with van der Waals surface area (Å²) >= 11 is 12.3. The number of carbonyl (C=O) groups excluding carboxylic acids is 1. The molecule has 2 heterocycles. The van der Waals surface area contributed by atoms with Crippen molar-refractivity contribution in [2.75, 3.05) is 29.4 Å². The van der Waals surface area contributed by atoms with Gasteiger partial charge in [0.05, 0.1) is 16.1 Å². The fourth-order valence-electron chi connectivity index (χ4n) is 4.47. The molecule has 2 saturated heterocycles. The standard InChI is InChI=1S/C22H25Cl2N3O/c1-3-25(4-2)16-9-7-15(8-10-16)21-26-13-5-6-20(26)22(28)27(21)17-11-12-18(23)19(24)14-17/h7-12,14,20-21H,3-6,13H2,1-2H3. The molecule has 6 heteroatoms. The largest absolute Gasteiger partial charge is 0.372 e. The number of halogens is 2. The maximum atomic E-state index is 13.2. The van der Waals surface area contributed by atoms with Gasteiger partial charge in [0, 0.05) is 31.0 Å². The number of amides is 1. The van der Waals surface area contributed by atoms with Crippen molar-refractivity contribution in [2.24, 2.45) is 0 Å². The van der Waals surface area contributed by atoms with Gasteiger partial charge < -0.3 is 4.90 Å². The number of nitrogens with zero attached hydrogens (tertiary/aromatic N) is 3. The Balaban J connectivity index is 1.73. The Morgan fingerprint density at radius 2 is 1.75 bits per heavy atom. The van der Waals surface area contributed by atoms with Gasteiger partial charge in [-0.1, -0.05) is 35.3 Å². The summed E-state index contributed by atoms with van der Waals surface area (Å²) in [7, 11) is 0. The first kappa shape index (κ1) is 19.6. The van der Waals surface area contributed by atoms with Crippen LogP contribution in [0.5, 0.6) is 0 Å². The van der Waals surface area contributed by atoms with Crippen molar-refractivity contribution in [1.29, 1.82) is 0 Å². The van der Waals surface area contributed by atoms with Crippen molar-refractivity contribution in [3.05, 3.63) is 58.1 Å². The Bertz CT molecular complexity index is 867. The predicted molar refractivity (Wildman–Crippen MR) is 116 cm³/mol. The molecule has 2 aromatic carbocycles. The number of fused-ring (bicyclic) bond motifs is 1. The highest BCUT2D eigenvalue weighted by Gasteiger charge is 2.49. The fourth-order valence-corrected chi connectivity index (χ4v) is 4.76. The molecule has 0 N–H and O–H groups in total. The molecule has 4 nitrogen and oxygen atoms in total. The van der Waals surface area contributed by atoms with E-state index in [0.29, 0.717) is 10.0 Å². The summed E-state index contributed by atoms with van der Waals surface area (Å²) in [6.07, 6.45) is 1.85. The van der Waals surface area contributed by atoms with Crippen LogP contribution in [0.2, 0.25) is 10.0 Å². The van der Waals surface area contributed by atoms with Gasteiger partial charge in [-0.25, -0.2) is 0 Å². The van der Waals surface area contributed by atoms with Crippen molar-refractivity contribution in [3.8, 4) is 0 Å². The van der Waals surface area contributed by atoms with E-state index >= 15 is 0 Å². The number of hydrogen-bond acceptors (Lipinski definition) is 3. The molecule has 2 unspecified atom stereocenters. The quantitative estimate of drug-likeness (QED) is 0.655. The molecule has 2 aliphatic heterocycles. The van der Waals surface area contributed by atoms with Gasteiger partial charge in [-0.05, 0) is 62.6 Å². The monoisotopic (exact) mass is 417 g/mol. The molecule has 0 aliphatic carbocycles. The van der Waals surface area contributed by atoms with Crippen LogP contribution in [0.15, 0.2) is 42.5 Å². The van der Waals surface area contributed by atoms with E-state index in [-0.39, 0.29) is 18.1 Å². The van der Waals surface area contributed by atoms with E-state index in [0.717, 1.165) is 43.7 Å². The number of hydrogen-bond donors (Lipinski definition) is 0. The van der Waals surface area contributed by atoms with Gasteiger partial charge in [-0.2, -0.15) is 0 Å². The van der Waals surface area contributed by atoms with Crippen molar-refractivity contribution >= 4 is 40.5 Å². The molecule has 0 saturated carbocycles. The van der Waals surface area contributed by atoms with Crippen LogP contribution in [0.4, 0.5) is 11.4 Å². The average molecular weight is 418 g/mol. The number of rotatable bonds is 5. The SMILES string of the molecule is CCN(CC)c1ccc(C2N(c3ccc(Cl)c(Cl)c3)C(=O)C3CCCN32)cc1. The highest BCUT2D eigenvalue weighted by atomic mass is 35.5. The van der Waals surface area contributed by atoms with E-state index in [1.165, 1.54) is 5.69 Å². The molecule has 2 atom stereocenters. The minimum atomic E-state index is -0.108. The summed E-state index contributed by atoms with van der Waals surface area (Å²) in [6, 6.07) is 14.0. The van der Waals surface area contributed by atoms with Gasteiger partial charge in [0.25, 0.3) is 0 Å². The third-order valence-corrected chi connectivity index (χ3v) is 6.62. The summed E-state index contributed by atoms with van der Waals surface area (Å²) < 4.78 is 0. The van der Waals surface area contributed by atoms with E-state index in [4.69, 9.17) is 23.2 Å². The molecule has 148 valence electrons. The Kier molecular flexibility index (Phi) is 5.55. The molecule has 28 heavy (non-hydrogen) atoms. The summed E-state index contributed by atoms with van der Waals surface area (Å²) in [5.41, 5.74) is 3.13. The molecule has 0 radical (unpaired) electrons. The van der Waals surface area contributed by atoms with Crippen LogP contribution in [-0.4, -0.2) is 36.5 Å². The topological polar surface area (TPSA) is 26.8 Å². The van der Waals surface area contributed by atoms with Gasteiger partial charge in [-0.3, -0.25) is 14.6 Å². The molecule has 4 rings (SSSR count). The molecule has 0 aromatic heterocycles. The Morgan fingerprint density at radius 1 is 1.04 bits per heavy atom. The van der Waals surface area contributed by atoms with Gasteiger partial charge in [0.1, 0.15) is 6.17 Å². The van der Waals surface area contributed by atoms with Crippen LogP contribution in [0.3, 0.4) is 0 Å². The summed E-state index contributed by atoms with van der Waals surface area (Å²) in [6.45, 7) is 7.20. The van der Waals surface area contributed by atoms with Crippen molar-refractivity contribution in [2.45, 2.75) is 38.9 Å². The Hall–Kier alpha value is -1.75. The lowest BCUT2D eigenvalue weighted by Gasteiger charge is -2.30. The normalized spacial score (nSPS) is 22.0. The molecule has 2 aromatic rings. The minimum absolute atomic E-state index is 0.0538. The van der Waals surface area contributed by atoms with Gasteiger partial charge in [-0.15, -0.1) is 0 Å². The Labute approximate surface area is 176 Å². The molecule has 2 aliphatic rings. The van der Waals surface area contributed by atoms with Crippen LogP contribution in [0.25, 0.3) is 0 Å². The van der Waals surface area contributed by atoms with Crippen LogP contribution in [0, 0.1) is 0 Å². The van der Waals surface area contributed by atoms with Crippen molar-refractivity contribution < 1.29 is 4.79 Å². The summed E-state index contributed by atoms with van der Waals surface area (Å²) in [4.78, 5) is 19.8. The molecule has 2 fully saturated rings. The van der Waals surface area contributed by atoms with Gasteiger partial charge in [0.15, 0.2) is 0 Å². The maximum Gasteiger partial charge on any atom is 0.246 e. The van der Waals surface area contributed by atoms with Crippen molar-refractivity contribution in [3.63, 3.8) is 0 Å². The second-order valence-corrected chi connectivity index (χ2v) is 8.15. The summed E-state index contributed by atoms with van der Waals surface area (Å²) in [5, 5.41) is 0.965. The fraction of sp³-hybridized carbons (Fsp3) is 0.409. The lowest BCUT2D eigenvalue weighted by molar-refractivity contribution is -0.119. The van der Waals surface area contributed by atoms with E-state index < -0.39 is 0 Å². The number of anilines is 2. The van der Waals surface area contributed by atoms with E-state index in [9.17, 15) is 4.79 Å². The first-order valence-corrected chi connectivity index (χ1v) is 10.7. The van der Waals surface area contributed by atoms with Gasteiger partial charge >= 0.3 is 0 Å². The van der Waals surface area contributed by atoms with Crippen LogP contribution in [-0.2, 0) is 4.79 Å². The molecule has 1 amide bonds. The molecule has 0 spiro atoms. The van der Waals surface area contributed by atoms with Gasteiger partial charge in [0.2, 0.25) is 5.91 Å². The second-order valence-electron chi connectivity index (χ2n) is 7.34. The van der Waals surface area contributed by atoms with Crippen LogP contribution >= 0.6 is 23.2 Å². The molecular weight excluding hydrogens is 393 g/mol. The van der Waals surface area contributed by atoms with E-state index in [2.05, 4.69) is 47.9 Å². The first-order valence-electron chi connectivity index (χ1n) is 9.94.